The van der Waals surface area contributed by atoms with E-state index >= 15 is 0 Å². The normalized spacial score (nSPS) is 16.3. The van der Waals surface area contributed by atoms with Gasteiger partial charge in [-0.3, -0.25) is 4.99 Å². The van der Waals surface area contributed by atoms with E-state index in [9.17, 15) is 0 Å². The van der Waals surface area contributed by atoms with E-state index in [0.29, 0.717) is 0 Å². The molecule has 0 radical (unpaired) electrons. The molecule has 6 heterocycles. The van der Waals surface area contributed by atoms with Crippen molar-refractivity contribution < 1.29 is 14.2 Å². The molecule has 1 N–H and O–H groups in total. The van der Waals surface area contributed by atoms with Crippen molar-refractivity contribution in [3.05, 3.63) is 522 Å². The molecule has 27 rings (SSSR count). The largest absolute Gasteiger partial charge is 0.489 e. The number of nitrogens with one attached hydrogen (secondary N) is 1. The molecule has 4 aliphatic heterocycles. The number of hydrogen-bond acceptors (Lipinski definition) is 8. The Labute approximate surface area is 821 Å². The van der Waals surface area contributed by atoms with E-state index in [4.69, 9.17) is 34.2 Å². The van der Waals surface area contributed by atoms with E-state index in [1.807, 2.05) is 42.5 Å². The number of rotatable bonds is 15. The number of para-hydroxylation sites is 2. The van der Waals surface area contributed by atoms with Crippen LogP contribution in [0, 0.1) is 0 Å². The van der Waals surface area contributed by atoms with Gasteiger partial charge in [0.15, 0.2) is 0 Å². The second-order valence-corrected chi connectivity index (χ2v) is 37.3. The molecule has 672 valence electrons. The quantitative estimate of drug-likeness (QED) is 0.109. The van der Waals surface area contributed by atoms with Gasteiger partial charge in [-0.25, -0.2) is 15.0 Å². The van der Waals surface area contributed by atoms with Crippen LogP contribution in [0.2, 0.25) is 0 Å². The lowest BCUT2D eigenvalue weighted by Gasteiger charge is -2.32. The molecule has 0 saturated carbocycles. The lowest BCUT2D eigenvalue weighted by Crippen LogP contribution is -2.41. The Bertz CT molecular complexity index is 8400. The molecule has 3 unspecified atom stereocenters. The molecule has 0 amide bonds. The summed E-state index contributed by atoms with van der Waals surface area (Å²) in [5, 5.41) is 11.1. The maximum Gasteiger partial charge on any atom is 0.136 e. The molecule has 141 heavy (non-hydrogen) atoms. The summed E-state index contributed by atoms with van der Waals surface area (Å²) in [6.45, 7) is 0. The van der Waals surface area contributed by atoms with E-state index in [0.717, 1.165) is 159 Å². The standard InChI is InChI=1S/C45H29NO.C44H30N2O.C44H38N2O/c1-3-10-34(11-4-1)41-28-36(29-42(46-41)35-12-5-2-6-13-35)32-20-18-30(19-21-32)31-22-24-33(25-23-31)37-26-27-44-45-39(37)15-9-16-40(45)38-14-7-8-17-43(38)47-44;1-3-10-32(11-4-1)39-28-40(46-44(45-39)34-12-5-2-6-13-34)33-24-20-30(21-25-33)29-18-22-31(23-19-29)35-26-27-42-43-37(35)15-9-16-38(43)36-14-7-8-17-41(36)47-42;1-3-10-32(11-4-1)39-28-40(33-12-5-2-6-13-33)46-44(45-39)34-24-20-30(21-25-34)29-18-22-31(23-19-29)35-26-27-42-43-37(35)15-9-16-38(43)36-14-7-8-17-41(36)47-42/h1-29H;1-12,14-28,34H,13H2;1-16,18,20,22,24,28,39,41H,17,19,21,23,25-27H2,(H,45,46). The number of amidine groups is 1. The van der Waals surface area contributed by atoms with Crippen molar-refractivity contribution in [2.24, 2.45) is 4.99 Å². The molecule has 2 aromatic heterocycles. The van der Waals surface area contributed by atoms with Gasteiger partial charge >= 0.3 is 0 Å². The van der Waals surface area contributed by atoms with Gasteiger partial charge in [0.25, 0.3) is 0 Å². The first-order valence-corrected chi connectivity index (χ1v) is 49.2. The molecule has 8 heteroatoms. The smallest absolute Gasteiger partial charge is 0.136 e. The fourth-order valence-corrected chi connectivity index (χ4v) is 21.6. The van der Waals surface area contributed by atoms with Crippen LogP contribution >= 0.6 is 0 Å². The second-order valence-electron chi connectivity index (χ2n) is 37.3. The number of ether oxygens (including phenoxy) is 3. The Kier molecular flexibility index (Phi) is 22.7. The molecule has 0 fully saturated rings. The highest BCUT2D eigenvalue weighted by molar-refractivity contribution is 6.12. The van der Waals surface area contributed by atoms with Crippen molar-refractivity contribution in [1.29, 1.82) is 0 Å². The summed E-state index contributed by atoms with van der Waals surface area (Å²) in [5.74, 6) is 6.85. The number of fused-ring (bicyclic) bond motifs is 6. The van der Waals surface area contributed by atoms with Crippen LogP contribution in [0.3, 0.4) is 0 Å². The molecule has 0 spiro atoms. The van der Waals surface area contributed by atoms with Crippen LogP contribution in [0.15, 0.2) is 495 Å². The molecule has 18 aromatic rings. The van der Waals surface area contributed by atoms with Crippen LogP contribution in [-0.4, -0.2) is 26.9 Å². The predicted molar refractivity (Wildman–Crippen MR) is 580 cm³/mol. The molecule has 9 aliphatic rings. The lowest BCUT2D eigenvalue weighted by molar-refractivity contribution is 0.203. The highest BCUT2D eigenvalue weighted by atomic mass is 16.5. The fourth-order valence-electron chi connectivity index (χ4n) is 21.6. The maximum atomic E-state index is 6.56. The average molecular weight is 1810 g/mol. The Balaban J connectivity index is 0.000000111. The molecule has 8 nitrogen and oxygen atoms in total. The third-order valence-electron chi connectivity index (χ3n) is 28.8. The first-order chi connectivity index (χ1) is 69.8. The van der Waals surface area contributed by atoms with Crippen LogP contribution in [-0.2, 0) is 4.74 Å². The average Bonchev–Trinajstić information content (AvgIpc) is 0.744. The van der Waals surface area contributed by atoms with Crippen molar-refractivity contribution in [3.63, 3.8) is 0 Å². The maximum absolute atomic E-state index is 6.56. The number of benzene rings is 16. The summed E-state index contributed by atoms with van der Waals surface area (Å²) in [6.07, 6.45) is 35.2. The van der Waals surface area contributed by atoms with Gasteiger partial charge in [-0.1, -0.05) is 419 Å². The zero-order valence-electron chi connectivity index (χ0n) is 77.9. The zero-order valence-corrected chi connectivity index (χ0v) is 77.9. The fraction of sp³-hybridized carbons (Fsp3) is 0.0827. The van der Waals surface area contributed by atoms with Crippen molar-refractivity contribution in [2.75, 3.05) is 0 Å². The van der Waals surface area contributed by atoms with E-state index < -0.39 is 0 Å². The summed E-state index contributed by atoms with van der Waals surface area (Å²) in [4.78, 5) is 20.3. The highest BCUT2D eigenvalue weighted by Gasteiger charge is 2.32. The summed E-state index contributed by atoms with van der Waals surface area (Å²) < 4.78 is 19.2. The van der Waals surface area contributed by atoms with Crippen LogP contribution in [0.1, 0.15) is 85.8 Å². The van der Waals surface area contributed by atoms with Gasteiger partial charge in [0.05, 0.1) is 28.8 Å². The molecule has 0 saturated heterocycles. The van der Waals surface area contributed by atoms with E-state index in [2.05, 4.69) is 430 Å². The SMILES string of the molecule is C1=CCC(c2nc(-c3ccccc3)cc(-c3ccc(-c4ccc(-c5ccc6c7c(cccc57)-c5ccccc5O6)cc4)cc3)n2)C=C1.C1=CCC2OC3=c4c(cccc4=C(C4=CC=C(C5=CC=C(C6=NC(c7ccccc7)C=C(c7ccccc7)N6)CC5)CC4)CC3)C2=C1.c1ccc(-c2cc(-c3ccc(-c4ccc(-c5ccc6c7c(cccc57)-c5ccccc5O6)cc4)cc3)cc(-c3ccccc3)n2)cc1. The third kappa shape index (κ3) is 16.9. The Hall–Kier alpha value is -17.5. The Morgan fingerprint density at radius 1 is 0.291 bits per heavy atom. The van der Waals surface area contributed by atoms with Gasteiger partial charge in [-0.2, -0.15) is 0 Å². The van der Waals surface area contributed by atoms with Gasteiger partial charge in [0.1, 0.15) is 46.5 Å². The topological polar surface area (TPSA) is 90.8 Å². The number of nitrogens with zero attached hydrogens (tertiary/aromatic N) is 4. The third-order valence-corrected chi connectivity index (χ3v) is 28.8. The van der Waals surface area contributed by atoms with Gasteiger partial charge in [0, 0.05) is 79.4 Å². The first kappa shape index (κ1) is 85.2. The Morgan fingerprint density at radius 2 is 0.730 bits per heavy atom. The molecule has 16 aromatic carbocycles. The lowest BCUT2D eigenvalue weighted by atomic mass is 9.81. The van der Waals surface area contributed by atoms with Gasteiger partial charge < -0.3 is 19.5 Å². The number of pyridine rings is 1. The van der Waals surface area contributed by atoms with Gasteiger partial charge in [-0.15, -0.1) is 0 Å². The molecular formula is C133H97N5O3. The van der Waals surface area contributed by atoms with Crippen molar-refractivity contribution >= 4 is 50.0 Å². The van der Waals surface area contributed by atoms with E-state index in [-0.39, 0.29) is 18.1 Å². The van der Waals surface area contributed by atoms with Crippen LogP contribution < -0.4 is 25.2 Å². The van der Waals surface area contributed by atoms with Gasteiger partial charge in [0.2, 0.25) is 0 Å². The minimum Gasteiger partial charge on any atom is -0.489 e. The summed E-state index contributed by atoms with van der Waals surface area (Å²) in [7, 11) is 0. The zero-order chi connectivity index (χ0) is 93.5. The molecular weight excluding hydrogens is 1720 g/mol. The van der Waals surface area contributed by atoms with Gasteiger partial charge in [-0.05, 0) is 214 Å². The predicted octanol–water partition coefficient (Wildman–Crippen LogP) is 32.6. The molecule has 3 atom stereocenters. The van der Waals surface area contributed by atoms with Crippen molar-refractivity contribution in [1.82, 2.24) is 20.3 Å². The van der Waals surface area contributed by atoms with E-state index in [1.165, 1.54) is 144 Å². The van der Waals surface area contributed by atoms with Crippen LogP contribution in [0.5, 0.6) is 23.0 Å². The van der Waals surface area contributed by atoms with Crippen LogP contribution in [0.4, 0.5) is 0 Å². The molecule has 0 bridgehead atoms. The number of allylic oxidation sites excluding steroid dienone is 13. The number of hydrogen-bond donors (Lipinski definition) is 1. The van der Waals surface area contributed by atoms with Crippen LogP contribution in [0.25, 0.3) is 167 Å². The van der Waals surface area contributed by atoms with Crippen molar-refractivity contribution in [3.8, 4) is 146 Å². The second kappa shape index (κ2) is 37.6. The minimum atomic E-state index is -0.0102. The number of aromatic nitrogens is 3. The minimum absolute atomic E-state index is 0.0102. The molecule has 5 aliphatic carbocycles. The number of aliphatic imine (C=N–C) groups is 1. The summed E-state index contributed by atoms with van der Waals surface area (Å²) >= 11 is 0. The van der Waals surface area contributed by atoms with Crippen molar-refractivity contribution in [2.45, 2.75) is 69.4 Å². The summed E-state index contributed by atoms with van der Waals surface area (Å²) in [5.41, 5.74) is 38.1. The monoisotopic (exact) mass is 1810 g/mol. The summed E-state index contributed by atoms with van der Waals surface area (Å²) in [6, 6.07) is 139. The Morgan fingerprint density at radius 3 is 1.26 bits per heavy atom. The first-order valence-electron chi connectivity index (χ1n) is 49.2. The highest BCUT2D eigenvalue weighted by Crippen LogP contribution is 2.52. The van der Waals surface area contributed by atoms with E-state index in [1.54, 1.807) is 0 Å².